The molecule has 1 saturated carbocycles. The number of nitrogens with two attached hydrogens (primary N) is 1. The first-order valence-corrected chi connectivity index (χ1v) is 7.73. The molecule has 2 atom stereocenters. The molecule has 3 aliphatic rings. The van der Waals surface area contributed by atoms with Crippen LogP contribution in [-0.2, 0) is 9.47 Å². The molecule has 0 aromatic carbocycles. The third-order valence-corrected chi connectivity index (χ3v) is 4.69. The molecule has 0 spiro atoms. The van der Waals surface area contributed by atoms with Crippen molar-refractivity contribution in [3.05, 3.63) is 12.3 Å². The number of guanidine groups is 1. The SMILES string of the molecule is CC1CCC(C2(O[C@@H]3CCOC3)C=CNC(N)=N2)CC1. The summed E-state index contributed by atoms with van der Waals surface area (Å²) in [5.74, 6) is 1.67. The number of aliphatic imine (C=N–C) groups is 1. The molecule has 112 valence electrons. The van der Waals surface area contributed by atoms with E-state index in [2.05, 4.69) is 17.2 Å². The summed E-state index contributed by atoms with van der Waals surface area (Å²) in [6.45, 7) is 3.77. The highest BCUT2D eigenvalue weighted by Gasteiger charge is 2.43. The average Bonchev–Trinajstić information content (AvgIpc) is 2.92. The van der Waals surface area contributed by atoms with Crippen LogP contribution in [0, 0.1) is 11.8 Å². The normalized spacial score (nSPS) is 41.2. The summed E-state index contributed by atoms with van der Waals surface area (Å²) in [6, 6.07) is 0. The lowest BCUT2D eigenvalue weighted by molar-refractivity contribution is -0.102. The Morgan fingerprint density at radius 3 is 2.80 bits per heavy atom. The maximum Gasteiger partial charge on any atom is 0.195 e. The van der Waals surface area contributed by atoms with E-state index >= 15 is 0 Å². The number of hydrogen-bond acceptors (Lipinski definition) is 5. The molecule has 2 aliphatic heterocycles. The Hall–Kier alpha value is -1.07. The van der Waals surface area contributed by atoms with Crippen LogP contribution in [0.3, 0.4) is 0 Å². The summed E-state index contributed by atoms with van der Waals surface area (Å²) in [4.78, 5) is 4.64. The summed E-state index contributed by atoms with van der Waals surface area (Å²) < 4.78 is 11.8. The van der Waals surface area contributed by atoms with Crippen LogP contribution < -0.4 is 11.1 Å². The third kappa shape index (κ3) is 2.83. The first-order chi connectivity index (χ1) is 9.68. The van der Waals surface area contributed by atoms with E-state index in [0.29, 0.717) is 18.5 Å². The van der Waals surface area contributed by atoms with E-state index in [1.807, 2.05) is 12.3 Å². The maximum absolute atomic E-state index is 6.37. The van der Waals surface area contributed by atoms with Gasteiger partial charge in [0.05, 0.1) is 12.7 Å². The van der Waals surface area contributed by atoms with Crippen molar-refractivity contribution in [2.45, 2.75) is 50.9 Å². The van der Waals surface area contributed by atoms with Crippen molar-refractivity contribution < 1.29 is 9.47 Å². The summed E-state index contributed by atoms with van der Waals surface area (Å²) in [5.41, 5.74) is 5.31. The van der Waals surface area contributed by atoms with Crippen molar-refractivity contribution in [1.29, 1.82) is 0 Å². The van der Waals surface area contributed by atoms with Gasteiger partial charge in [-0.05, 0) is 31.3 Å². The summed E-state index contributed by atoms with van der Waals surface area (Å²) in [6.07, 6.45) is 9.78. The summed E-state index contributed by atoms with van der Waals surface area (Å²) >= 11 is 0. The Morgan fingerprint density at radius 1 is 1.35 bits per heavy atom. The van der Waals surface area contributed by atoms with E-state index in [1.54, 1.807) is 0 Å². The predicted octanol–water partition coefficient (Wildman–Crippen LogP) is 1.75. The van der Waals surface area contributed by atoms with Crippen molar-refractivity contribution in [2.24, 2.45) is 22.6 Å². The molecular formula is C15H25N3O2. The Morgan fingerprint density at radius 2 is 2.15 bits per heavy atom. The third-order valence-electron chi connectivity index (χ3n) is 4.69. The van der Waals surface area contributed by atoms with Crippen LogP contribution in [0.2, 0.25) is 0 Å². The van der Waals surface area contributed by atoms with Gasteiger partial charge in [-0.2, -0.15) is 0 Å². The molecule has 0 radical (unpaired) electrons. The van der Waals surface area contributed by atoms with Gasteiger partial charge in [-0.25, -0.2) is 4.99 Å². The quantitative estimate of drug-likeness (QED) is 0.826. The number of nitrogens with zero attached hydrogens (tertiary/aromatic N) is 1. The zero-order chi connectivity index (χ0) is 14.0. The standard InChI is InChI=1S/C15H25N3O2/c1-11-2-4-12(5-3-11)15(7-8-17-14(16)18-15)20-13-6-9-19-10-13/h7-8,11-13H,2-6,9-10H2,1H3,(H3,16,17,18)/t11?,12?,13-,15?/m1/s1. The second kappa shape index (κ2) is 5.74. The van der Waals surface area contributed by atoms with Gasteiger partial charge in [-0.15, -0.1) is 0 Å². The lowest BCUT2D eigenvalue weighted by Crippen LogP contribution is -2.48. The monoisotopic (exact) mass is 279 g/mol. The molecule has 3 rings (SSSR count). The number of hydrogen-bond donors (Lipinski definition) is 2. The second-order valence-corrected chi connectivity index (χ2v) is 6.29. The Bertz CT molecular complexity index is 396. The second-order valence-electron chi connectivity index (χ2n) is 6.29. The number of ether oxygens (including phenoxy) is 2. The van der Waals surface area contributed by atoms with Crippen molar-refractivity contribution in [3.8, 4) is 0 Å². The molecule has 5 nitrogen and oxygen atoms in total. The van der Waals surface area contributed by atoms with Gasteiger partial charge in [0.2, 0.25) is 0 Å². The average molecular weight is 279 g/mol. The topological polar surface area (TPSA) is 68.9 Å². The largest absolute Gasteiger partial charge is 0.379 e. The fraction of sp³-hybridized carbons (Fsp3) is 0.800. The molecule has 0 aromatic heterocycles. The molecule has 2 fully saturated rings. The van der Waals surface area contributed by atoms with Crippen molar-refractivity contribution in [2.75, 3.05) is 13.2 Å². The minimum atomic E-state index is -0.589. The zero-order valence-electron chi connectivity index (χ0n) is 12.2. The first-order valence-electron chi connectivity index (χ1n) is 7.73. The van der Waals surface area contributed by atoms with Crippen LogP contribution in [0.1, 0.15) is 39.0 Å². The van der Waals surface area contributed by atoms with Gasteiger partial charge >= 0.3 is 0 Å². The molecule has 2 heterocycles. The van der Waals surface area contributed by atoms with Crippen LogP contribution in [0.4, 0.5) is 0 Å². The Balaban J connectivity index is 1.79. The van der Waals surface area contributed by atoms with E-state index in [4.69, 9.17) is 15.2 Å². The van der Waals surface area contributed by atoms with Crippen LogP contribution in [0.25, 0.3) is 0 Å². The van der Waals surface area contributed by atoms with Crippen molar-refractivity contribution in [3.63, 3.8) is 0 Å². The van der Waals surface area contributed by atoms with Crippen LogP contribution in [0.15, 0.2) is 17.3 Å². The molecule has 0 bridgehead atoms. The smallest absolute Gasteiger partial charge is 0.195 e. The van der Waals surface area contributed by atoms with E-state index in [0.717, 1.165) is 31.8 Å². The van der Waals surface area contributed by atoms with E-state index in [1.165, 1.54) is 12.8 Å². The molecule has 1 aliphatic carbocycles. The van der Waals surface area contributed by atoms with Crippen LogP contribution >= 0.6 is 0 Å². The lowest BCUT2D eigenvalue weighted by Gasteiger charge is -2.41. The predicted molar refractivity (Wildman–Crippen MR) is 78.1 cm³/mol. The molecule has 0 aromatic rings. The van der Waals surface area contributed by atoms with Gasteiger partial charge in [0.1, 0.15) is 0 Å². The highest BCUT2D eigenvalue weighted by Crippen LogP contribution is 2.41. The minimum absolute atomic E-state index is 0.133. The zero-order valence-corrected chi connectivity index (χ0v) is 12.2. The first kappa shape index (κ1) is 13.9. The Labute approximate surface area is 120 Å². The van der Waals surface area contributed by atoms with Crippen LogP contribution in [0.5, 0.6) is 0 Å². The van der Waals surface area contributed by atoms with Gasteiger partial charge in [0, 0.05) is 18.7 Å². The van der Waals surface area contributed by atoms with Gasteiger partial charge in [-0.1, -0.05) is 19.8 Å². The van der Waals surface area contributed by atoms with Gasteiger partial charge in [0.15, 0.2) is 11.7 Å². The van der Waals surface area contributed by atoms with E-state index in [-0.39, 0.29) is 6.10 Å². The van der Waals surface area contributed by atoms with Crippen LogP contribution in [-0.4, -0.2) is 31.0 Å². The van der Waals surface area contributed by atoms with Gasteiger partial charge in [0.25, 0.3) is 0 Å². The maximum atomic E-state index is 6.37. The molecule has 1 saturated heterocycles. The van der Waals surface area contributed by atoms with E-state index in [9.17, 15) is 0 Å². The van der Waals surface area contributed by atoms with Gasteiger partial charge in [-0.3, -0.25) is 0 Å². The number of rotatable bonds is 3. The molecule has 0 amide bonds. The summed E-state index contributed by atoms with van der Waals surface area (Å²) in [5, 5.41) is 2.95. The molecular weight excluding hydrogens is 254 g/mol. The number of nitrogens with one attached hydrogen (secondary N) is 1. The molecule has 5 heteroatoms. The van der Waals surface area contributed by atoms with Crippen molar-refractivity contribution in [1.82, 2.24) is 5.32 Å². The molecule has 20 heavy (non-hydrogen) atoms. The Kier molecular flexibility index (Phi) is 3.98. The molecule has 3 N–H and O–H groups in total. The molecule has 1 unspecified atom stereocenters. The van der Waals surface area contributed by atoms with Crippen molar-refractivity contribution >= 4 is 5.96 Å². The lowest BCUT2D eigenvalue weighted by atomic mass is 9.77. The fourth-order valence-electron chi connectivity index (χ4n) is 3.44. The van der Waals surface area contributed by atoms with Gasteiger partial charge < -0.3 is 20.5 Å². The fourth-order valence-corrected chi connectivity index (χ4v) is 3.44. The van der Waals surface area contributed by atoms with E-state index < -0.39 is 5.72 Å². The summed E-state index contributed by atoms with van der Waals surface area (Å²) in [7, 11) is 0. The minimum Gasteiger partial charge on any atom is -0.379 e. The highest BCUT2D eigenvalue weighted by molar-refractivity contribution is 5.80. The highest BCUT2D eigenvalue weighted by atomic mass is 16.6.